The van der Waals surface area contributed by atoms with E-state index in [0.717, 1.165) is 12.8 Å². The van der Waals surface area contributed by atoms with Crippen molar-refractivity contribution in [2.24, 2.45) is 0 Å². The molecule has 2 fully saturated rings. The van der Waals surface area contributed by atoms with Crippen molar-refractivity contribution in [1.82, 2.24) is 14.7 Å². The summed E-state index contributed by atoms with van der Waals surface area (Å²) >= 11 is 0. The zero-order chi connectivity index (χ0) is 38.2. The van der Waals surface area contributed by atoms with Crippen molar-refractivity contribution in [1.29, 1.82) is 0 Å². The number of piperidine rings is 1. The molecule has 2 atom stereocenters. The second kappa shape index (κ2) is 15.0. The van der Waals surface area contributed by atoms with Crippen molar-refractivity contribution in [3.8, 4) is 0 Å². The van der Waals surface area contributed by atoms with Crippen LogP contribution in [0.5, 0.6) is 0 Å². The monoisotopic (exact) mass is 749 g/mol. The predicted molar refractivity (Wildman–Crippen MR) is 182 cm³/mol. The maximum Gasteiger partial charge on any atom is 0.416 e. The van der Waals surface area contributed by atoms with Crippen LogP contribution in [0.1, 0.15) is 64.4 Å². The Morgan fingerprint density at radius 2 is 1.57 bits per heavy atom. The van der Waals surface area contributed by atoms with Crippen LogP contribution in [0, 0.1) is 5.82 Å². The third-order valence-corrected chi connectivity index (χ3v) is 11.1. The van der Waals surface area contributed by atoms with E-state index in [1.807, 2.05) is 19.1 Å². The molecule has 2 amide bonds. The quantitative estimate of drug-likeness (QED) is 0.219. The number of carbonyl (C=O) groups excluding carboxylic acids is 2. The highest BCUT2D eigenvalue weighted by Gasteiger charge is 2.50. The first-order chi connectivity index (χ1) is 25.0. The molecule has 53 heavy (non-hydrogen) atoms. The molecule has 0 unspecified atom stereocenters. The van der Waals surface area contributed by atoms with Gasteiger partial charge in [-0.15, -0.1) is 0 Å². The lowest BCUT2D eigenvalue weighted by molar-refractivity contribution is -0.143. The number of benzene rings is 3. The highest BCUT2D eigenvalue weighted by Crippen LogP contribution is 2.48. The van der Waals surface area contributed by atoms with Gasteiger partial charge in [0.15, 0.2) is 0 Å². The Labute approximate surface area is 303 Å². The van der Waals surface area contributed by atoms with E-state index in [1.54, 1.807) is 11.9 Å². The van der Waals surface area contributed by atoms with Crippen LogP contribution < -0.4 is 0 Å². The van der Waals surface area contributed by atoms with Gasteiger partial charge in [0, 0.05) is 37.7 Å². The van der Waals surface area contributed by atoms with Gasteiger partial charge in [-0.05, 0) is 92.7 Å². The molecule has 0 saturated carbocycles. The molecule has 2 saturated heterocycles. The van der Waals surface area contributed by atoms with Crippen LogP contribution in [0.4, 0.5) is 30.7 Å². The highest BCUT2D eigenvalue weighted by molar-refractivity contribution is 5.95. The first-order valence-electron chi connectivity index (χ1n) is 17.7. The second-order valence-corrected chi connectivity index (χ2v) is 14.2. The summed E-state index contributed by atoms with van der Waals surface area (Å²) in [6.07, 6.45) is -7.90. The van der Waals surface area contributed by atoms with E-state index in [1.165, 1.54) is 40.3 Å². The number of fused-ring (bicyclic) bond motifs is 2. The van der Waals surface area contributed by atoms with E-state index in [4.69, 9.17) is 9.47 Å². The number of likely N-dealkylation sites (tertiary alicyclic amines) is 1. The lowest BCUT2D eigenvalue weighted by atomic mass is 9.72. The SMILES string of the molecule is CCN(C)C(=O)CO[C@H]1Cc2ccccc2C12CCN(CC[C@@]1(c3ccc(F)cc3)CN(C(=O)c3cc(C(F)(F)F)cc(C(F)(F)F)c3)CCO1)CC2. The maximum absolute atomic E-state index is 14.1. The topological polar surface area (TPSA) is 62.3 Å². The lowest BCUT2D eigenvalue weighted by Crippen LogP contribution is -2.54. The minimum absolute atomic E-state index is 0.00918. The minimum atomic E-state index is -5.11. The fourth-order valence-corrected chi connectivity index (χ4v) is 7.98. The van der Waals surface area contributed by atoms with Crippen LogP contribution in [0.2, 0.25) is 0 Å². The zero-order valence-corrected chi connectivity index (χ0v) is 29.5. The van der Waals surface area contributed by atoms with Gasteiger partial charge in [0.2, 0.25) is 5.91 Å². The van der Waals surface area contributed by atoms with Gasteiger partial charge in [-0.1, -0.05) is 36.4 Å². The summed E-state index contributed by atoms with van der Waals surface area (Å²) in [5, 5.41) is 0. The summed E-state index contributed by atoms with van der Waals surface area (Å²) in [6, 6.07) is 14.6. The smallest absolute Gasteiger partial charge is 0.367 e. The maximum atomic E-state index is 14.1. The van der Waals surface area contributed by atoms with Crippen molar-refractivity contribution in [3.05, 3.63) is 106 Å². The molecule has 1 aliphatic carbocycles. The fourth-order valence-electron chi connectivity index (χ4n) is 7.98. The molecule has 2 heterocycles. The normalized spacial score (nSPS) is 21.8. The number of amides is 2. The summed E-state index contributed by atoms with van der Waals surface area (Å²) in [5.74, 6) is -1.59. The molecule has 1 spiro atoms. The molecule has 2 aliphatic heterocycles. The number of carbonyl (C=O) groups is 2. The Balaban J connectivity index is 1.21. The van der Waals surface area contributed by atoms with Gasteiger partial charge in [-0.3, -0.25) is 9.59 Å². The van der Waals surface area contributed by atoms with Crippen LogP contribution in [0.3, 0.4) is 0 Å². The third kappa shape index (κ3) is 8.09. The van der Waals surface area contributed by atoms with E-state index in [2.05, 4.69) is 17.0 Å². The lowest BCUT2D eigenvalue weighted by Gasteiger charge is -2.46. The van der Waals surface area contributed by atoms with Crippen LogP contribution in [0.25, 0.3) is 0 Å². The molecule has 0 N–H and O–H groups in total. The Bertz CT molecular complexity index is 1760. The van der Waals surface area contributed by atoms with Crippen molar-refractivity contribution in [2.75, 3.05) is 59.5 Å². The van der Waals surface area contributed by atoms with E-state index >= 15 is 0 Å². The average molecular weight is 750 g/mol. The largest absolute Gasteiger partial charge is 0.416 e. The molecule has 7 nitrogen and oxygen atoms in total. The van der Waals surface area contributed by atoms with E-state index in [9.17, 15) is 40.3 Å². The Morgan fingerprint density at radius 3 is 2.19 bits per heavy atom. The number of likely N-dealkylation sites (N-methyl/N-ethyl adjacent to an activating group) is 1. The van der Waals surface area contributed by atoms with Gasteiger partial charge in [0.1, 0.15) is 18.0 Å². The molecule has 286 valence electrons. The molecule has 14 heteroatoms. The Hall–Kier alpha value is -4.01. The number of nitrogens with zero attached hydrogens (tertiary/aromatic N) is 3. The van der Waals surface area contributed by atoms with Crippen LogP contribution in [0.15, 0.2) is 66.7 Å². The Morgan fingerprint density at radius 1 is 0.925 bits per heavy atom. The number of ether oxygens (including phenoxy) is 2. The molecule has 6 rings (SSSR count). The van der Waals surface area contributed by atoms with Gasteiger partial charge in [-0.2, -0.15) is 26.3 Å². The summed E-state index contributed by atoms with van der Waals surface area (Å²) in [4.78, 5) is 31.4. The first-order valence-corrected chi connectivity index (χ1v) is 17.7. The average Bonchev–Trinajstić information content (AvgIpc) is 3.44. The summed E-state index contributed by atoms with van der Waals surface area (Å²) in [6.45, 7) is 4.00. The number of alkyl halides is 6. The number of morpholine rings is 1. The highest BCUT2D eigenvalue weighted by atomic mass is 19.4. The summed E-state index contributed by atoms with van der Waals surface area (Å²) < 4.78 is 109. The molecule has 0 aromatic heterocycles. The van der Waals surface area contributed by atoms with Crippen LogP contribution in [-0.4, -0.2) is 92.1 Å². The van der Waals surface area contributed by atoms with Crippen LogP contribution >= 0.6 is 0 Å². The number of halogens is 7. The molecule has 3 aromatic rings. The minimum Gasteiger partial charge on any atom is -0.367 e. The number of hydrogen-bond acceptors (Lipinski definition) is 5. The summed E-state index contributed by atoms with van der Waals surface area (Å²) in [5.41, 5.74) is -2.45. The van der Waals surface area contributed by atoms with Crippen molar-refractivity contribution >= 4 is 11.8 Å². The van der Waals surface area contributed by atoms with Crippen molar-refractivity contribution in [3.63, 3.8) is 0 Å². The number of hydrogen-bond donors (Lipinski definition) is 0. The zero-order valence-electron chi connectivity index (χ0n) is 29.5. The van der Waals surface area contributed by atoms with E-state index in [-0.39, 0.29) is 49.8 Å². The van der Waals surface area contributed by atoms with Gasteiger partial charge in [0.25, 0.3) is 5.91 Å². The molecule has 0 bridgehead atoms. The molecule has 3 aliphatic rings. The van der Waals surface area contributed by atoms with E-state index in [0.29, 0.717) is 56.7 Å². The first kappa shape index (κ1) is 38.7. The van der Waals surface area contributed by atoms with Gasteiger partial charge in [0.05, 0.1) is 30.4 Å². The molecular weight excluding hydrogens is 707 g/mol. The van der Waals surface area contributed by atoms with Gasteiger partial charge < -0.3 is 24.2 Å². The van der Waals surface area contributed by atoms with Crippen molar-refractivity contribution < 1.29 is 49.8 Å². The third-order valence-electron chi connectivity index (χ3n) is 11.1. The Kier molecular flexibility index (Phi) is 11.0. The van der Waals surface area contributed by atoms with E-state index < -0.39 is 46.4 Å². The predicted octanol–water partition coefficient (Wildman–Crippen LogP) is 7.07. The van der Waals surface area contributed by atoms with Gasteiger partial charge >= 0.3 is 12.4 Å². The molecule has 0 radical (unpaired) electrons. The fraction of sp³-hybridized carbons (Fsp3) is 0.487. The van der Waals surface area contributed by atoms with Crippen molar-refractivity contribution in [2.45, 2.75) is 62.1 Å². The summed E-state index contributed by atoms with van der Waals surface area (Å²) in [7, 11) is 1.74. The standard InChI is InChI=1S/C39H42F7N3O4/c1-3-47(2)34(50)24-52-33-22-26-6-4-5-7-32(26)36(33)12-15-48(16-13-36)17-14-37(28-8-10-31(40)11-9-28)25-49(18-19-53-37)35(51)27-20-29(38(41,42)43)23-30(21-27)39(44,45)46/h4-11,20-21,23,33H,3,12-19,22,24-25H2,1-2H3/t33-,37-/m0/s1. The second-order valence-electron chi connectivity index (χ2n) is 14.2. The van der Waals surface area contributed by atoms with Gasteiger partial charge in [-0.25, -0.2) is 4.39 Å². The van der Waals surface area contributed by atoms with Crippen LogP contribution in [-0.2, 0) is 44.1 Å². The molecule has 3 aromatic carbocycles. The number of rotatable bonds is 9. The molecular formula is C39H42F7N3O4.